The third-order valence-electron chi connectivity index (χ3n) is 2.56. The molecule has 116 valence electrons. The molecule has 0 aliphatic carbocycles. The second kappa shape index (κ2) is 7.53. The number of hydrogen-bond donors (Lipinski definition) is 1. The predicted octanol–water partition coefficient (Wildman–Crippen LogP) is 2.36. The van der Waals surface area contributed by atoms with Gasteiger partial charge in [-0.25, -0.2) is 9.18 Å². The molecule has 0 amide bonds. The molecule has 0 fully saturated rings. The van der Waals surface area contributed by atoms with Gasteiger partial charge in [-0.3, -0.25) is 10.1 Å². The molecule has 1 aromatic rings. The summed E-state index contributed by atoms with van der Waals surface area (Å²) in [6.45, 7) is 4.32. The molecule has 0 aliphatic rings. The number of esters is 1. The lowest BCUT2D eigenvalue weighted by Crippen LogP contribution is -2.15. The molecule has 1 N–H and O–H groups in total. The van der Waals surface area contributed by atoms with Gasteiger partial charge in [0, 0.05) is 6.54 Å². The van der Waals surface area contributed by atoms with Gasteiger partial charge in [-0.15, -0.1) is 0 Å². The number of ether oxygens (including phenoxy) is 2. The Hall–Kier alpha value is -2.22. The van der Waals surface area contributed by atoms with E-state index in [0.717, 1.165) is 13.2 Å². The summed E-state index contributed by atoms with van der Waals surface area (Å²) in [6, 6.07) is 1.76. The lowest BCUT2D eigenvalue weighted by Gasteiger charge is -2.11. The number of hydrogen-bond acceptors (Lipinski definition) is 6. The molecule has 0 spiro atoms. The van der Waals surface area contributed by atoms with E-state index in [4.69, 9.17) is 4.74 Å². The molecule has 0 radical (unpaired) electrons. The number of nitrogens with zero attached hydrogens (tertiary/aromatic N) is 1. The van der Waals surface area contributed by atoms with E-state index in [1.54, 1.807) is 0 Å². The van der Waals surface area contributed by atoms with Gasteiger partial charge >= 0.3 is 5.97 Å². The highest BCUT2D eigenvalue weighted by molar-refractivity contribution is 5.91. The molecular weight excluding hydrogens is 283 g/mol. The molecule has 0 aromatic heterocycles. The Labute approximate surface area is 121 Å². The summed E-state index contributed by atoms with van der Waals surface area (Å²) in [5.41, 5.74) is -0.783. The monoisotopic (exact) mass is 300 g/mol. The highest BCUT2D eigenvalue weighted by Gasteiger charge is 2.22. The molecular formula is C13H17FN2O5. The summed E-state index contributed by atoms with van der Waals surface area (Å²) < 4.78 is 23.4. The van der Waals surface area contributed by atoms with Gasteiger partial charge in [0.1, 0.15) is 11.5 Å². The van der Waals surface area contributed by atoms with E-state index in [0.29, 0.717) is 12.7 Å². The van der Waals surface area contributed by atoms with Gasteiger partial charge in [0.15, 0.2) is 0 Å². The van der Waals surface area contributed by atoms with Crippen molar-refractivity contribution >= 4 is 17.3 Å². The predicted molar refractivity (Wildman–Crippen MR) is 74.0 cm³/mol. The number of nitro groups is 1. The summed E-state index contributed by atoms with van der Waals surface area (Å²) in [5, 5.41) is 13.7. The van der Waals surface area contributed by atoms with Crippen molar-refractivity contribution in [2.75, 3.05) is 25.6 Å². The van der Waals surface area contributed by atoms with Crippen LogP contribution in [0.5, 0.6) is 0 Å². The standard InChI is InChI=1S/C13H17FN2O5/c1-8(2)21-5-4-15-11-6-9(13(17)20-3)10(14)7-12(11)16(18)19/h6-8,15H,4-5H2,1-3H3. The quantitative estimate of drug-likeness (QED) is 0.360. The van der Waals surface area contributed by atoms with E-state index >= 15 is 0 Å². The lowest BCUT2D eigenvalue weighted by atomic mass is 10.1. The SMILES string of the molecule is COC(=O)c1cc(NCCOC(C)C)c([N+](=O)[O-])cc1F. The summed E-state index contributed by atoms with van der Waals surface area (Å²) in [7, 11) is 1.10. The normalized spacial score (nSPS) is 10.5. The van der Waals surface area contributed by atoms with Crippen LogP contribution in [-0.4, -0.2) is 37.3 Å². The molecule has 0 atom stereocenters. The van der Waals surface area contributed by atoms with Crippen molar-refractivity contribution in [2.45, 2.75) is 20.0 Å². The minimum absolute atomic E-state index is 0.0284. The van der Waals surface area contributed by atoms with Crippen molar-refractivity contribution in [1.29, 1.82) is 0 Å². The number of nitro benzene ring substituents is 1. The Morgan fingerprint density at radius 2 is 2.14 bits per heavy atom. The van der Waals surface area contributed by atoms with Crippen LogP contribution in [0.3, 0.4) is 0 Å². The Morgan fingerprint density at radius 3 is 2.67 bits per heavy atom. The number of benzene rings is 1. The maximum absolute atomic E-state index is 13.7. The first-order valence-corrected chi connectivity index (χ1v) is 6.28. The fourth-order valence-corrected chi connectivity index (χ4v) is 1.60. The largest absolute Gasteiger partial charge is 0.465 e. The molecule has 1 rings (SSSR count). The Balaban J connectivity index is 2.97. The van der Waals surface area contributed by atoms with Crippen LogP contribution in [0.15, 0.2) is 12.1 Å². The van der Waals surface area contributed by atoms with Gasteiger partial charge in [0.05, 0.1) is 36.4 Å². The number of halogens is 1. The minimum Gasteiger partial charge on any atom is -0.465 e. The maximum Gasteiger partial charge on any atom is 0.340 e. The van der Waals surface area contributed by atoms with E-state index in [-0.39, 0.29) is 23.9 Å². The van der Waals surface area contributed by atoms with E-state index in [1.807, 2.05) is 13.8 Å². The number of rotatable bonds is 7. The molecule has 8 heteroatoms. The number of methoxy groups -OCH3 is 1. The molecule has 0 unspecified atom stereocenters. The number of carbonyl (C=O) groups excluding carboxylic acids is 1. The van der Waals surface area contributed by atoms with Gasteiger partial charge in [-0.05, 0) is 19.9 Å². The average Bonchev–Trinajstić information content (AvgIpc) is 2.43. The van der Waals surface area contributed by atoms with E-state index < -0.39 is 22.4 Å². The number of nitrogens with one attached hydrogen (secondary N) is 1. The van der Waals surface area contributed by atoms with Crippen molar-refractivity contribution in [3.8, 4) is 0 Å². The molecule has 0 saturated carbocycles. The molecule has 7 nitrogen and oxygen atoms in total. The van der Waals surface area contributed by atoms with Crippen molar-refractivity contribution in [3.05, 3.63) is 33.6 Å². The third-order valence-corrected chi connectivity index (χ3v) is 2.56. The topological polar surface area (TPSA) is 90.7 Å². The first kappa shape index (κ1) is 16.8. The zero-order chi connectivity index (χ0) is 16.0. The summed E-state index contributed by atoms with van der Waals surface area (Å²) in [4.78, 5) is 21.6. The van der Waals surface area contributed by atoms with Crippen LogP contribution in [-0.2, 0) is 9.47 Å². The highest BCUT2D eigenvalue weighted by Crippen LogP contribution is 2.28. The van der Waals surface area contributed by atoms with E-state index in [1.165, 1.54) is 0 Å². The van der Waals surface area contributed by atoms with Crippen LogP contribution < -0.4 is 5.32 Å². The smallest absolute Gasteiger partial charge is 0.340 e. The molecule has 21 heavy (non-hydrogen) atoms. The zero-order valence-electron chi connectivity index (χ0n) is 12.0. The summed E-state index contributed by atoms with van der Waals surface area (Å²) in [6.07, 6.45) is 0.0284. The van der Waals surface area contributed by atoms with Gasteiger partial charge < -0.3 is 14.8 Å². The molecule has 0 aliphatic heterocycles. The minimum atomic E-state index is -1.00. The van der Waals surface area contributed by atoms with Crippen LogP contribution in [0.4, 0.5) is 15.8 Å². The zero-order valence-corrected chi connectivity index (χ0v) is 12.0. The van der Waals surface area contributed by atoms with Crippen LogP contribution in [0.1, 0.15) is 24.2 Å². The highest BCUT2D eigenvalue weighted by atomic mass is 19.1. The second-order valence-corrected chi connectivity index (χ2v) is 4.44. The fourth-order valence-electron chi connectivity index (χ4n) is 1.60. The lowest BCUT2D eigenvalue weighted by molar-refractivity contribution is -0.384. The van der Waals surface area contributed by atoms with E-state index in [2.05, 4.69) is 10.1 Å². The second-order valence-electron chi connectivity index (χ2n) is 4.44. The maximum atomic E-state index is 13.7. The molecule has 1 aromatic carbocycles. The van der Waals surface area contributed by atoms with Crippen molar-refractivity contribution in [3.63, 3.8) is 0 Å². The summed E-state index contributed by atoms with van der Waals surface area (Å²) >= 11 is 0. The van der Waals surface area contributed by atoms with Crippen LogP contribution in [0.25, 0.3) is 0 Å². The first-order chi connectivity index (χ1) is 9.86. The van der Waals surface area contributed by atoms with Gasteiger partial charge in [0.25, 0.3) is 5.69 Å². The van der Waals surface area contributed by atoms with E-state index in [9.17, 15) is 19.3 Å². The number of carbonyl (C=O) groups is 1. The molecule has 0 bridgehead atoms. The van der Waals surface area contributed by atoms with Gasteiger partial charge in [0.2, 0.25) is 0 Å². The number of anilines is 1. The third kappa shape index (κ3) is 4.67. The van der Waals surface area contributed by atoms with Crippen molar-refractivity contribution < 1.29 is 23.6 Å². The van der Waals surface area contributed by atoms with Crippen molar-refractivity contribution in [1.82, 2.24) is 0 Å². The first-order valence-electron chi connectivity index (χ1n) is 6.28. The molecule has 0 saturated heterocycles. The fraction of sp³-hybridized carbons (Fsp3) is 0.462. The summed E-state index contributed by atoms with van der Waals surface area (Å²) in [5.74, 6) is -1.90. The van der Waals surface area contributed by atoms with Gasteiger partial charge in [-0.2, -0.15) is 0 Å². The molecule has 0 heterocycles. The van der Waals surface area contributed by atoms with Crippen LogP contribution in [0, 0.1) is 15.9 Å². The van der Waals surface area contributed by atoms with Crippen LogP contribution in [0.2, 0.25) is 0 Å². The van der Waals surface area contributed by atoms with Crippen molar-refractivity contribution in [2.24, 2.45) is 0 Å². The Morgan fingerprint density at radius 1 is 1.48 bits per heavy atom. The Kier molecular flexibility index (Phi) is 6.04. The average molecular weight is 300 g/mol. The van der Waals surface area contributed by atoms with Gasteiger partial charge in [-0.1, -0.05) is 0 Å². The van der Waals surface area contributed by atoms with Crippen LogP contribution >= 0.6 is 0 Å². The Bertz CT molecular complexity index is 534.